The summed E-state index contributed by atoms with van der Waals surface area (Å²) in [4.78, 5) is 12.4. The highest BCUT2D eigenvalue weighted by Crippen LogP contribution is 2.33. The molecule has 0 unspecified atom stereocenters. The van der Waals surface area contributed by atoms with Gasteiger partial charge in [-0.3, -0.25) is 4.79 Å². The summed E-state index contributed by atoms with van der Waals surface area (Å²) < 4.78 is 11.4. The molecule has 23 heavy (non-hydrogen) atoms. The minimum atomic E-state index is -0.721. The summed E-state index contributed by atoms with van der Waals surface area (Å²) in [5.41, 5.74) is 6.44. The lowest BCUT2D eigenvalue weighted by Gasteiger charge is -2.31. The Balaban J connectivity index is 0.00000264. The number of ether oxygens (including phenoxy) is 2. The molecule has 0 radical (unpaired) electrons. The maximum atomic E-state index is 12.4. The van der Waals surface area contributed by atoms with Gasteiger partial charge in [0.05, 0.1) is 19.8 Å². The fourth-order valence-electron chi connectivity index (χ4n) is 2.79. The Hall–Kier alpha value is -0.980. The van der Waals surface area contributed by atoms with Crippen LogP contribution in [0.4, 0.5) is 0 Å². The second-order valence-corrected chi connectivity index (χ2v) is 6.55. The van der Waals surface area contributed by atoms with Crippen LogP contribution in [-0.4, -0.2) is 25.7 Å². The number of rotatable bonds is 5. The minimum absolute atomic E-state index is 0. The SMILES string of the molecule is COc1cc(Br)c(CNC(=O)C2(N)CCCCC2)cc1OC.Cl. The first kappa shape index (κ1) is 20.1. The normalized spacial score (nSPS) is 16.2. The lowest BCUT2D eigenvalue weighted by atomic mass is 9.82. The smallest absolute Gasteiger partial charge is 0.240 e. The van der Waals surface area contributed by atoms with E-state index in [1.165, 1.54) is 0 Å². The molecule has 130 valence electrons. The fraction of sp³-hybridized carbons (Fsp3) is 0.562. The Morgan fingerprint density at radius 3 is 2.35 bits per heavy atom. The van der Waals surface area contributed by atoms with Crippen molar-refractivity contribution in [3.05, 3.63) is 22.2 Å². The molecule has 1 aromatic rings. The highest BCUT2D eigenvalue weighted by atomic mass is 79.9. The Morgan fingerprint density at radius 1 is 1.22 bits per heavy atom. The fourth-order valence-corrected chi connectivity index (χ4v) is 3.26. The molecular weight excluding hydrogens is 384 g/mol. The Morgan fingerprint density at radius 2 is 1.78 bits per heavy atom. The van der Waals surface area contributed by atoms with Crippen molar-refractivity contribution in [3.63, 3.8) is 0 Å². The molecule has 1 aliphatic rings. The van der Waals surface area contributed by atoms with Crippen LogP contribution in [0, 0.1) is 0 Å². The van der Waals surface area contributed by atoms with Crippen LogP contribution in [0.15, 0.2) is 16.6 Å². The number of nitrogens with two attached hydrogens (primary N) is 1. The monoisotopic (exact) mass is 406 g/mol. The standard InChI is InChI=1S/C16H23BrN2O3.ClH/c1-21-13-8-11(12(17)9-14(13)22-2)10-19-15(20)16(18)6-4-3-5-7-16;/h8-9H,3-7,10,18H2,1-2H3,(H,19,20);1H. The van der Waals surface area contributed by atoms with Crippen molar-refractivity contribution in [3.8, 4) is 11.5 Å². The van der Waals surface area contributed by atoms with E-state index in [-0.39, 0.29) is 18.3 Å². The van der Waals surface area contributed by atoms with Crippen LogP contribution in [0.3, 0.4) is 0 Å². The third kappa shape index (κ3) is 4.75. The van der Waals surface area contributed by atoms with Gasteiger partial charge in [-0.25, -0.2) is 0 Å². The van der Waals surface area contributed by atoms with Gasteiger partial charge in [0.25, 0.3) is 0 Å². The van der Waals surface area contributed by atoms with E-state index < -0.39 is 5.54 Å². The van der Waals surface area contributed by atoms with Crippen molar-refractivity contribution in [2.45, 2.75) is 44.2 Å². The molecule has 5 nitrogen and oxygen atoms in total. The Bertz CT molecular complexity index is 548. The van der Waals surface area contributed by atoms with Gasteiger partial charge in [-0.1, -0.05) is 35.2 Å². The van der Waals surface area contributed by atoms with Gasteiger partial charge in [0.1, 0.15) is 0 Å². The number of amides is 1. The number of benzene rings is 1. The molecule has 2 rings (SSSR count). The molecule has 0 atom stereocenters. The molecule has 0 heterocycles. The summed E-state index contributed by atoms with van der Waals surface area (Å²) in [6.45, 7) is 0.402. The van der Waals surface area contributed by atoms with Crippen LogP contribution >= 0.6 is 28.3 Å². The van der Waals surface area contributed by atoms with E-state index >= 15 is 0 Å². The number of nitrogens with one attached hydrogen (secondary N) is 1. The molecule has 1 fully saturated rings. The van der Waals surface area contributed by atoms with Crippen LogP contribution in [0.1, 0.15) is 37.7 Å². The zero-order chi connectivity index (χ0) is 16.2. The Kier molecular flexibility index (Phi) is 7.64. The minimum Gasteiger partial charge on any atom is -0.493 e. The molecular formula is C16H24BrClN2O3. The first-order chi connectivity index (χ1) is 10.5. The predicted molar refractivity (Wildman–Crippen MR) is 96.3 cm³/mol. The van der Waals surface area contributed by atoms with Crippen molar-refractivity contribution < 1.29 is 14.3 Å². The number of hydrogen-bond acceptors (Lipinski definition) is 4. The summed E-state index contributed by atoms with van der Waals surface area (Å²) in [7, 11) is 3.18. The van der Waals surface area contributed by atoms with Gasteiger partial charge in [-0.05, 0) is 30.5 Å². The number of carbonyl (C=O) groups is 1. The number of hydrogen-bond donors (Lipinski definition) is 2. The van der Waals surface area contributed by atoms with Gasteiger partial charge in [-0.2, -0.15) is 0 Å². The first-order valence-corrected chi connectivity index (χ1v) is 8.27. The van der Waals surface area contributed by atoms with Gasteiger partial charge in [0, 0.05) is 11.0 Å². The van der Waals surface area contributed by atoms with E-state index in [4.69, 9.17) is 15.2 Å². The van der Waals surface area contributed by atoms with Gasteiger partial charge in [0.15, 0.2) is 11.5 Å². The van der Waals surface area contributed by atoms with Gasteiger partial charge in [-0.15, -0.1) is 12.4 Å². The van der Waals surface area contributed by atoms with E-state index in [1.54, 1.807) is 14.2 Å². The van der Waals surface area contributed by atoms with Crippen LogP contribution in [0.2, 0.25) is 0 Å². The molecule has 1 amide bonds. The third-order valence-corrected chi connectivity index (χ3v) is 4.93. The van der Waals surface area contributed by atoms with Gasteiger partial charge in [0.2, 0.25) is 5.91 Å². The zero-order valence-electron chi connectivity index (χ0n) is 13.5. The van der Waals surface area contributed by atoms with Gasteiger partial charge >= 0.3 is 0 Å². The molecule has 0 saturated heterocycles. The third-order valence-electron chi connectivity index (χ3n) is 4.19. The van der Waals surface area contributed by atoms with Crippen LogP contribution < -0.4 is 20.5 Å². The molecule has 0 aromatic heterocycles. The van der Waals surface area contributed by atoms with Crippen LogP contribution in [0.5, 0.6) is 11.5 Å². The van der Waals surface area contributed by atoms with Crippen molar-refractivity contribution in [1.29, 1.82) is 0 Å². The van der Waals surface area contributed by atoms with E-state index in [2.05, 4.69) is 21.2 Å². The predicted octanol–water partition coefficient (Wildman–Crippen LogP) is 3.17. The van der Waals surface area contributed by atoms with Crippen molar-refractivity contribution in [2.75, 3.05) is 14.2 Å². The van der Waals surface area contributed by atoms with Gasteiger partial charge < -0.3 is 20.5 Å². The highest BCUT2D eigenvalue weighted by molar-refractivity contribution is 9.10. The summed E-state index contributed by atoms with van der Waals surface area (Å²) in [6, 6.07) is 3.69. The summed E-state index contributed by atoms with van der Waals surface area (Å²) >= 11 is 3.49. The van der Waals surface area contributed by atoms with Crippen LogP contribution in [0.25, 0.3) is 0 Å². The Labute approximate surface area is 151 Å². The lowest BCUT2D eigenvalue weighted by molar-refractivity contribution is -0.127. The summed E-state index contributed by atoms with van der Waals surface area (Å²) in [6.07, 6.45) is 4.71. The van der Waals surface area contributed by atoms with Crippen molar-refractivity contribution in [1.82, 2.24) is 5.32 Å². The zero-order valence-corrected chi connectivity index (χ0v) is 15.9. The summed E-state index contributed by atoms with van der Waals surface area (Å²) in [5.74, 6) is 1.20. The molecule has 0 bridgehead atoms. The molecule has 0 spiro atoms. The van der Waals surface area contributed by atoms with Crippen molar-refractivity contribution >= 4 is 34.2 Å². The van der Waals surface area contributed by atoms with E-state index in [1.807, 2.05) is 12.1 Å². The maximum Gasteiger partial charge on any atom is 0.240 e. The molecule has 1 aliphatic carbocycles. The molecule has 3 N–H and O–H groups in total. The topological polar surface area (TPSA) is 73.6 Å². The largest absolute Gasteiger partial charge is 0.493 e. The number of halogens is 2. The number of carbonyl (C=O) groups excluding carboxylic acids is 1. The molecule has 1 aromatic carbocycles. The molecule has 1 saturated carbocycles. The highest BCUT2D eigenvalue weighted by Gasteiger charge is 2.35. The lowest BCUT2D eigenvalue weighted by Crippen LogP contribution is -2.54. The average Bonchev–Trinajstić information content (AvgIpc) is 2.53. The first-order valence-electron chi connectivity index (χ1n) is 7.48. The average molecular weight is 408 g/mol. The van der Waals surface area contributed by atoms with E-state index in [9.17, 15) is 4.79 Å². The van der Waals surface area contributed by atoms with E-state index in [0.717, 1.165) is 42.1 Å². The molecule has 0 aliphatic heterocycles. The summed E-state index contributed by atoms with van der Waals surface area (Å²) in [5, 5.41) is 2.95. The number of methoxy groups -OCH3 is 2. The van der Waals surface area contributed by atoms with E-state index in [0.29, 0.717) is 18.0 Å². The second-order valence-electron chi connectivity index (χ2n) is 5.70. The van der Waals surface area contributed by atoms with Crippen LogP contribution in [-0.2, 0) is 11.3 Å². The maximum absolute atomic E-state index is 12.4. The quantitative estimate of drug-likeness (QED) is 0.786. The van der Waals surface area contributed by atoms with Crippen molar-refractivity contribution in [2.24, 2.45) is 5.73 Å². The molecule has 7 heteroatoms. The second kappa shape index (κ2) is 8.76.